The topological polar surface area (TPSA) is 86.8 Å². The molecule has 1 aliphatic heterocycles. The van der Waals surface area contributed by atoms with E-state index in [1.54, 1.807) is 13.2 Å². The second-order valence-electron chi connectivity index (χ2n) is 13.4. The number of piperazine rings is 1. The Hall–Kier alpha value is -4.23. The minimum atomic E-state index is -4.85. The Kier molecular flexibility index (Phi) is 10.6. The van der Waals surface area contributed by atoms with Crippen molar-refractivity contribution in [2.24, 2.45) is 5.41 Å². The molecule has 4 aromatic rings. The predicted octanol–water partition coefficient (Wildman–Crippen LogP) is 7.17. The van der Waals surface area contributed by atoms with Crippen LogP contribution in [0.5, 0.6) is 0 Å². The Balaban J connectivity index is 1.28. The molecule has 9 nitrogen and oxygen atoms in total. The summed E-state index contributed by atoms with van der Waals surface area (Å²) in [7, 11) is 3.67. The summed E-state index contributed by atoms with van der Waals surface area (Å²) in [6.45, 7) is 7.53. The lowest BCUT2D eigenvalue weighted by molar-refractivity contribution is -0.143. The van der Waals surface area contributed by atoms with Gasteiger partial charge in [0.05, 0.1) is 36.6 Å². The predicted molar refractivity (Wildman–Crippen MR) is 186 cm³/mol. The van der Waals surface area contributed by atoms with Crippen LogP contribution in [0.2, 0.25) is 0 Å². The standard InChI is InChI=1S/C37H44F4N6O3/c1-4-50-32(48)13-16-46-17-19-47(20-18-46)27-10-7-25(8-11-27)34-43-33-31(45(2)23-36(24-49-3)14-5-6-15-36)22-30(42-35(33)44-34)26-9-12-29(38)28(21-26)37(39,40)41/h7-12,21-22H,4-6,13-20,23-24H2,1-3H3,(H,42,43,44). The van der Waals surface area contributed by atoms with Crippen LogP contribution in [0.25, 0.3) is 33.8 Å². The van der Waals surface area contributed by atoms with Crippen LogP contribution in [0.4, 0.5) is 28.9 Å². The molecule has 0 bridgehead atoms. The maximum Gasteiger partial charge on any atom is 0.419 e. The third kappa shape index (κ3) is 7.88. The molecule has 6 rings (SSSR count). The molecule has 1 saturated heterocycles. The molecule has 50 heavy (non-hydrogen) atoms. The number of H-pyrrole nitrogens is 1. The number of halogens is 4. The third-order valence-electron chi connectivity index (χ3n) is 9.92. The van der Waals surface area contributed by atoms with Crippen molar-refractivity contribution in [3.63, 3.8) is 0 Å². The van der Waals surface area contributed by atoms with Crippen molar-refractivity contribution in [2.75, 3.05) is 76.4 Å². The van der Waals surface area contributed by atoms with Crippen LogP contribution in [-0.2, 0) is 20.4 Å². The number of pyridine rings is 1. The number of carbonyl (C=O) groups is 1. The van der Waals surface area contributed by atoms with E-state index >= 15 is 0 Å². The van der Waals surface area contributed by atoms with Crippen LogP contribution in [0, 0.1) is 11.2 Å². The molecule has 0 atom stereocenters. The SMILES string of the molecule is CCOC(=O)CCN1CCN(c2ccc(-c3nc4nc(-c5ccc(F)c(C(F)(F)F)c5)cc(N(C)CC5(COC)CCCC5)c4[nH]3)cc2)CC1. The van der Waals surface area contributed by atoms with Crippen molar-refractivity contribution in [1.82, 2.24) is 19.9 Å². The molecule has 3 heterocycles. The molecular formula is C37H44F4N6O3. The number of ether oxygens (including phenoxy) is 2. The van der Waals surface area contributed by atoms with Gasteiger partial charge in [0.15, 0.2) is 5.65 Å². The van der Waals surface area contributed by atoms with Crippen LogP contribution >= 0.6 is 0 Å². The molecule has 2 aromatic carbocycles. The van der Waals surface area contributed by atoms with Gasteiger partial charge in [-0.1, -0.05) is 12.8 Å². The van der Waals surface area contributed by atoms with Gasteiger partial charge in [-0.3, -0.25) is 9.69 Å². The van der Waals surface area contributed by atoms with Crippen molar-refractivity contribution in [3.8, 4) is 22.6 Å². The lowest BCUT2D eigenvalue weighted by Crippen LogP contribution is -2.47. The van der Waals surface area contributed by atoms with E-state index in [1.807, 2.05) is 26.1 Å². The summed E-state index contributed by atoms with van der Waals surface area (Å²) in [6, 6.07) is 12.8. The average Bonchev–Trinajstić information content (AvgIpc) is 3.74. The first kappa shape index (κ1) is 35.6. The highest BCUT2D eigenvalue weighted by molar-refractivity contribution is 5.91. The highest BCUT2D eigenvalue weighted by atomic mass is 19.4. The number of imidazole rings is 1. The molecule has 13 heteroatoms. The Morgan fingerprint density at radius 2 is 1.70 bits per heavy atom. The first-order chi connectivity index (χ1) is 24.0. The summed E-state index contributed by atoms with van der Waals surface area (Å²) in [5, 5.41) is 0. The number of benzene rings is 2. The first-order valence-corrected chi connectivity index (χ1v) is 17.2. The van der Waals surface area contributed by atoms with Gasteiger partial charge in [0, 0.05) is 75.7 Å². The second-order valence-corrected chi connectivity index (χ2v) is 13.4. The van der Waals surface area contributed by atoms with Crippen molar-refractivity contribution in [2.45, 2.75) is 45.2 Å². The van der Waals surface area contributed by atoms with Gasteiger partial charge in [-0.2, -0.15) is 13.2 Å². The van der Waals surface area contributed by atoms with Gasteiger partial charge in [0.1, 0.15) is 17.2 Å². The number of alkyl halides is 3. The van der Waals surface area contributed by atoms with Gasteiger partial charge in [-0.25, -0.2) is 14.4 Å². The largest absolute Gasteiger partial charge is 0.466 e. The highest BCUT2D eigenvalue weighted by Gasteiger charge is 2.36. The first-order valence-electron chi connectivity index (χ1n) is 17.2. The molecule has 0 spiro atoms. The quantitative estimate of drug-likeness (QED) is 0.123. The summed E-state index contributed by atoms with van der Waals surface area (Å²) in [4.78, 5) is 31.4. The van der Waals surface area contributed by atoms with E-state index in [4.69, 9.17) is 14.5 Å². The molecule has 2 aliphatic rings. The van der Waals surface area contributed by atoms with Gasteiger partial charge in [-0.15, -0.1) is 0 Å². The van der Waals surface area contributed by atoms with Crippen molar-refractivity contribution in [3.05, 3.63) is 59.9 Å². The van der Waals surface area contributed by atoms with Crippen LogP contribution in [0.15, 0.2) is 48.5 Å². The fourth-order valence-electron chi connectivity index (χ4n) is 7.37. The Morgan fingerprint density at radius 1 is 1.00 bits per heavy atom. The lowest BCUT2D eigenvalue weighted by atomic mass is 9.86. The van der Waals surface area contributed by atoms with Gasteiger partial charge >= 0.3 is 12.1 Å². The lowest BCUT2D eigenvalue weighted by Gasteiger charge is -2.36. The number of esters is 1. The summed E-state index contributed by atoms with van der Waals surface area (Å²) < 4.78 is 65.9. The number of carbonyl (C=O) groups excluding carboxylic acids is 1. The number of hydrogen-bond donors (Lipinski definition) is 1. The molecular weight excluding hydrogens is 652 g/mol. The van der Waals surface area contributed by atoms with E-state index in [0.29, 0.717) is 49.7 Å². The van der Waals surface area contributed by atoms with Crippen molar-refractivity contribution < 1.29 is 31.8 Å². The maximum absolute atomic E-state index is 14.2. The van der Waals surface area contributed by atoms with Crippen LogP contribution < -0.4 is 9.80 Å². The molecule has 1 N–H and O–H groups in total. The van der Waals surface area contributed by atoms with E-state index < -0.39 is 17.6 Å². The molecule has 268 valence electrons. The van der Waals surface area contributed by atoms with E-state index in [-0.39, 0.29) is 22.6 Å². The fourth-order valence-corrected chi connectivity index (χ4v) is 7.37. The third-order valence-corrected chi connectivity index (χ3v) is 9.92. The van der Waals surface area contributed by atoms with Crippen LogP contribution in [0.1, 0.15) is 44.6 Å². The Labute approximate surface area is 289 Å². The number of nitrogens with one attached hydrogen (secondary N) is 1. The Morgan fingerprint density at radius 3 is 2.36 bits per heavy atom. The van der Waals surface area contributed by atoms with Gasteiger partial charge in [-0.05, 0) is 68.3 Å². The monoisotopic (exact) mass is 696 g/mol. The zero-order valence-corrected chi connectivity index (χ0v) is 28.8. The van der Waals surface area contributed by atoms with E-state index in [9.17, 15) is 22.4 Å². The minimum Gasteiger partial charge on any atom is -0.466 e. The zero-order valence-electron chi connectivity index (χ0n) is 28.8. The summed E-state index contributed by atoms with van der Waals surface area (Å²) in [5.74, 6) is -0.919. The number of aromatic amines is 1. The molecule has 2 aromatic heterocycles. The normalized spacial score (nSPS) is 16.7. The van der Waals surface area contributed by atoms with Crippen LogP contribution in [-0.4, -0.2) is 92.5 Å². The second kappa shape index (κ2) is 14.9. The number of hydrogen-bond acceptors (Lipinski definition) is 8. The number of fused-ring (bicyclic) bond motifs is 1. The smallest absolute Gasteiger partial charge is 0.419 e. The molecule has 0 amide bonds. The maximum atomic E-state index is 14.2. The minimum absolute atomic E-state index is 0.0519. The van der Waals surface area contributed by atoms with Crippen molar-refractivity contribution >= 4 is 28.5 Å². The van der Waals surface area contributed by atoms with Crippen molar-refractivity contribution in [1.29, 1.82) is 0 Å². The molecule has 2 fully saturated rings. The number of rotatable bonds is 12. The number of aromatic nitrogens is 3. The zero-order chi connectivity index (χ0) is 35.5. The van der Waals surface area contributed by atoms with Gasteiger partial charge < -0.3 is 24.3 Å². The van der Waals surface area contributed by atoms with Crippen LogP contribution in [0.3, 0.4) is 0 Å². The average molecular weight is 697 g/mol. The van der Waals surface area contributed by atoms with E-state index in [0.717, 1.165) is 80.9 Å². The number of anilines is 2. The molecule has 0 radical (unpaired) electrons. The molecule has 1 aliphatic carbocycles. The molecule has 0 unspecified atom stereocenters. The molecule has 1 saturated carbocycles. The number of nitrogens with zero attached hydrogens (tertiary/aromatic N) is 5. The highest BCUT2D eigenvalue weighted by Crippen LogP contribution is 2.41. The fraction of sp³-hybridized carbons (Fsp3) is 0.486. The number of methoxy groups -OCH3 is 1. The van der Waals surface area contributed by atoms with Gasteiger partial charge in [0.2, 0.25) is 0 Å². The summed E-state index contributed by atoms with van der Waals surface area (Å²) >= 11 is 0. The summed E-state index contributed by atoms with van der Waals surface area (Å²) in [5.41, 5.74) is 2.70. The summed E-state index contributed by atoms with van der Waals surface area (Å²) in [6.07, 6.45) is -0.202. The Bertz CT molecular complexity index is 1780. The van der Waals surface area contributed by atoms with E-state index in [1.165, 1.54) is 6.07 Å². The van der Waals surface area contributed by atoms with E-state index in [2.05, 4.69) is 36.8 Å². The van der Waals surface area contributed by atoms with Gasteiger partial charge in [0.25, 0.3) is 0 Å².